The van der Waals surface area contributed by atoms with Crippen molar-refractivity contribution in [1.82, 2.24) is 10.2 Å². The first-order valence-corrected chi connectivity index (χ1v) is 7.61. The van der Waals surface area contributed by atoms with E-state index in [0.717, 1.165) is 11.3 Å². The van der Waals surface area contributed by atoms with Crippen molar-refractivity contribution in [2.24, 2.45) is 0 Å². The number of nitrogens with zero attached hydrogens (tertiary/aromatic N) is 2. The van der Waals surface area contributed by atoms with Crippen molar-refractivity contribution < 1.29 is 113 Å². The maximum atomic E-state index is 12.2. The normalized spacial score (nSPS) is 30.0. The molecule has 3 heterocycles. The zero-order valence-electron chi connectivity index (χ0n) is 13.7. The summed E-state index contributed by atoms with van der Waals surface area (Å²) in [5, 5.41) is 30.2. The van der Waals surface area contributed by atoms with Crippen molar-refractivity contribution in [3.63, 3.8) is 0 Å². The van der Waals surface area contributed by atoms with Crippen LogP contribution < -0.4 is 5.32 Å². The third-order valence-electron chi connectivity index (χ3n) is 4.08. The van der Waals surface area contributed by atoms with E-state index >= 15 is 0 Å². The molecule has 0 aromatic rings. The fourth-order valence-electron chi connectivity index (χ4n) is 2.88. The Kier molecular flexibility index (Phi) is 10.5. The van der Waals surface area contributed by atoms with Gasteiger partial charge in [0.2, 0.25) is 6.23 Å². The van der Waals surface area contributed by atoms with Crippen molar-refractivity contribution in [2.45, 2.75) is 50.3 Å². The fourth-order valence-corrected chi connectivity index (χ4v) is 2.88. The van der Waals surface area contributed by atoms with Crippen molar-refractivity contribution in [2.75, 3.05) is 6.61 Å². The molecule has 0 saturated carbocycles. The van der Waals surface area contributed by atoms with Gasteiger partial charge in [-0.1, -0.05) is 0 Å². The maximum absolute atomic E-state index is 12.2. The fraction of sp³-hybridized carbons (Fsp3) is 0.600. The van der Waals surface area contributed by atoms with E-state index in [1.54, 1.807) is 6.20 Å². The number of unbranched alkanes of at least 4 members (excludes halogenated alkanes) is 1. The van der Waals surface area contributed by atoms with E-state index in [1.807, 2.05) is 6.08 Å². The van der Waals surface area contributed by atoms with Crippen LogP contribution in [-0.4, -0.2) is 52.4 Å². The topological polar surface area (TPSA) is 115 Å². The van der Waals surface area contributed by atoms with Gasteiger partial charge in [-0.15, -0.1) is 0 Å². The van der Waals surface area contributed by atoms with Crippen LogP contribution in [0.1, 0.15) is 25.7 Å². The van der Waals surface area contributed by atoms with Crippen molar-refractivity contribution >= 4 is 6.03 Å². The number of nitriles is 1. The van der Waals surface area contributed by atoms with Crippen LogP contribution >= 0.6 is 0 Å². The molecule has 0 aromatic carbocycles. The number of ether oxygens (including phenoxy) is 2. The van der Waals surface area contributed by atoms with Crippen LogP contribution in [0.15, 0.2) is 23.6 Å². The summed E-state index contributed by atoms with van der Waals surface area (Å²) in [4.78, 5) is 13.6. The molecular weight excluding hydrogens is 756 g/mol. The predicted octanol–water partition coefficient (Wildman–Crippen LogP) is 0.298. The van der Waals surface area contributed by atoms with Crippen LogP contribution in [0.3, 0.4) is 0 Å². The molecule has 130 valence electrons. The van der Waals surface area contributed by atoms with Crippen LogP contribution in [0.5, 0.6) is 0 Å². The first kappa shape index (κ1) is 23.8. The average Bonchev–Trinajstić information content (AvgIpc) is 3.09. The van der Waals surface area contributed by atoms with E-state index in [9.17, 15) is 9.90 Å². The van der Waals surface area contributed by atoms with Gasteiger partial charge in [0.1, 0.15) is 12.3 Å². The van der Waals surface area contributed by atoms with Gasteiger partial charge in [-0.2, -0.15) is 5.26 Å². The second-order valence-electron chi connectivity index (χ2n) is 5.72. The molecule has 4 unspecified atom stereocenters. The second kappa shape index (κ2) is 11.0. The van der Waals surface area contributed by atoms with E-state index < -0.39 is 24.7 Å². The number of carbonyl (C=O) groups is 1. The van der Waals surface area contributed by atoms with Gasteiger partial charge in [-0.05, 0) is 12.5 Å². The first-order valence-electron chi connectivity index (χ1n) is 7.61. The van der Waals surface area contributed by atoms with Crippen molar-refractivity contribution in [3.8, 4) is 6.07 Å². The molecule has 0 bridgehead atoms. The molecule has 8 nitrogen and oxygen atoms in total. The molecule has 2 amide bonds. The molecule has 3 aliphatic rings. The Morgan fingerprint density at radius 2 is 2.20 bits per heavy atom. The minimum atomic E-state index is -0.800. The minimum absolute atomic E-state index is 0. The number of allylic oxidation sites excluding steroid dienone is 1. The molecule has 10 heteroatoms. The molecule has 1 fully saturated rings. The van der Waals surface area contributed by atoms with E-state index in [4.69, 9.17) is 19.8 Å². The molecule has 1 saturated heterocycles. The number of rotatable bonds is 5. The zero-order valence-corrected chi connectivity index (χ0v) is 23.2. The summed E-state index contributed by atoms with van der Waals surface area (Å²) >= 11 is 0. The van der Waals surface area contributed by atoms with E-state index in [0.29, 0.717) is 19.3 Å². The SMILES string of the molecule is N#CCCCC1=CC2=CN(C3CC(O)C(CO)O3)C(=O)NC2O1.[Ac].[Ac]. The summed E-state index contributed by atoms with van der Waals surface area (Å²) in [6.45, 7) is -0.293. The largest absolute Gasteiger partial charge is 0.471 e. The van der Waals surface area contributed by atoms with Crippen LogP contribution in [0.2, 0.25) is 0 Å². The summed E-state index contributed by atoms with van der Waals surface area (Å²) in [5.41, 5.74) is 0.794. The van der Waals surface area contributed by atoms with Crippen LogP contribution in [0.4, 0.5) is 4.79 Å². The number of aliphatic hydroxyl groups excluding tert-OH is 2. The van der Waals surface area contributed by atoms with Gasteiger partial charge in [-0.3, -0.25) is 10.2 Å². The van der Waals surface area contributed by atoms with Gasteiger partial charge in [0, 0.05) is 119 Å². The number of urea groups is 1. The van der Waals surface area contributed by atoms with Crippen LogP contribution in [0.25, 0.3) is 0 Å². The Balaban J connectivity index is 0.00000156. The molecule has 0 aliphatic carbocycles. The van der Waals surface area contributed by atoms with E-state index in [2.05, 4.69) is 11.4 Å². The Bertz CT molecular complexity index is 592. The summed E-state index contributed by atoms with van der Waals surface area (Å²) in [6.07, 6.45) is 2.93. The quantitative estimate of drug-likeness (QED) is 0.347. The average molecular weight is 775 g/mol. The standard InChI is InChI=1S/C15H19N3O5.2Ac/c16-4-2-1-3-10-5-9-7-18(15(21)17-14(9)22-10)13-6-11(20)12(8-19)23-13;;/h5,7,11-14,19-20H,1-3,6,8H2,(H,17,21);;. The molecule has 25 heavy (non-hydrogen) atoms. The predicted molar refractivity (Wildman–Crippen MR) is 77.2 cm³/mol. The Morgan fingerprint density at radius 1 is 1.44 bits per heavy atom. The number of aliphatic hydroxyl groups is 2. The third-order valence-corrected chi connectivity index (χ3v) is 4.08. The number of hydrogen-bond acceptors (Lipinski definition) is 6. The van der Waals surface area contributed by atoms with Crippen LogP contribution in [-0.2, 0) is 9.47 Å². The van der Waals surface area contributed by atoms with Crippen molar-refractivity contribution in [3.05, 3.63) is 23.6 Å². The maximum Gasteiger partial charge on any atom is 0.326 e. The van der Waals surface area contributed by atoms with Gasteiger partial charge in [0.25, 0.3) is 0 Å². The molecule has 0 spiro atoms. The van der Waals surface area contributed by atoms with Gasteiger partial charge in [-0.25, -0.2) is 4.79 Å². The number of carbonyl (C=O) groups excluding carboxylic acids is 1. The van der Waals surface area contributed by atoms with Gasteiger partial charge in [0.05, 0.1) is 24.5 Å². The number of hydrogen-bond donors (Lipinski definition) is 3. The summed E-state index contributed by atoms with van der Waals surface area (Å²) in [7, 11) is 0. The number of nitrogens with one attached hydrogen (secondary N) is 1. The molecule has 4 atom stereocenters. The number of amides is 2. The Morgan fingerprint density at radius 3 is 2.84 bits per heavy atom. The van der Waals surface area contributed by atoms with Crippen molar-refractivity contribution in [1.29, 1.82) is 5.26 Å². The summed E-state index contributed by atoms with van der Waals surface area (Å²) in [5.74, 6) is 0.735. The summed E-state index contributed by atoms with van der Waals surface area (Å²) < 4.78 is 11.2. The van der Waals surface area contributed by atoms with E-state index in [-0.39, 0.29) is 107 Å². The summed E-state index contributed by atoms with van der Waals surface area (Å²) in [6, 6.07) is 1.71. The Labute approximate surface area is 217 Å². The monoisotopic (exact) mass is 775 g/mol. The second-order valence-corrected chi connectivity index (χ2v) is 5.72. The molecule has 3 rings (SSSR count). The van der Waals surface area contributed by atoms with Crippen LogP contribution in [0, 0.1) is 99.5 Å². The minimum Gasteiger partial charge on any atom is -0.471 e. The molecule has 2 radical (unpaired) electrons. The number of fused-ring (bicyclic) bond motifs is 1. The molecular formula is C15H19Ac2N3O5. The molecule has 0 aromatic heterocycles. The van der Waals surface area contributed by atoms with Gasteiger partial charge >= 0.3 is 6.03 Å². The molecule has 3 aliphatic heterocycles. The van der Waals surface area contributed by atoms with E-state index in [1.165, 1.54) is 4.90 Å². The zero-order chi connectivity index (χ0) is 16.4. The smallest absolute Gasteiger partial charge is 0.326 e. The van der Waals surface area contributed by atoms with Gasteiger partial charge in [0.15, 0.2) is 0 Å². The third kappa shape index (κ3) is 5.64. The van der Waals surface area contributed by atoms with Gasteiger partial charge < -0.3 is 19.7 Å². The molecule has 3 N–H and O–H groups in total. The first-order chi connectivity index (χ1) is 11.1. The Hall–Kier alpha value is 0.803.